The zero-order valence-corrected chi connectivity index (χ0v) is 12.4. The summed E-state index contributed by atoms with van der Waals surface area (Å²) in [5.41, 5.74) is 3.56. The molecular weight excluding hydrogens is 258 g/mol. The molecule has 0 saturated heterocycles. The highest BCUT2D eigenvalue weighted by atomic mass is 35.5. The van der Waals surface area contributed by atoms with Gasteiger partial charge in [-0.1, -0.05) is 30.7 Å². The molecule has 0 bridgehead atoms. The number of halogens is 1. The van der Waals surface area contributed by atoms with E-state index in [0.717, 1.165) is 18.0 Å². The summed E-state index contributed by atoms with van der Waals surface area (Å²) < 4.78 is 1.90. The molecule has 19 heavy (non-hydrogen) atoms. The fourth-order valence-electron chi connectivity index (χ4n) is 2.18. The Labute approximate surface area is 119 Å². The predicted octanol–water partition coefficient (Wildman–Crippen LogP) is 3.47. The van der Waals surface area contributed by atoms with Crippen molar-refractivity contribution in [2.75, 3.05) is 6.54 Å². The quantitative estimate of drug-likeness (QED) is 0.907. The molecule has 0 spiro atoms. The zero-order valence-electron chi connectivity index (χ0n) is 11.7. The fourth-order valence-corrected chi connectivity index (χ4v) is 2.38. The van der Waals surface area contributed by atoms with Gasteiger partial charge < -0.3 is 5.32 Å². The molecule has 0 fully saturated rings. The molecular formula is C15H20ClN3. The van der Waals surface area contributed by atoms with Gasteiger partial charge in [0, 0.05) is 23.3 Å². The van der Waals surface area contributed by atoms with Crippen LogP contribution in [0.1, 0.15) is 36.2 Å². The maximum absolute atomic E-state index is 6.11. The lowest BCUT2D eigenvalue weighted by atomic mass is 9.99. The second kappa shape index (κ2) is 6.22. The van der Waals surface area contributed by atoms with Crippen molar-refractivity contribution in [1.82, 2.24) is 15.1 Å². The molecule has 0 aliphatic heterocycles. The molecule has 2 rings (SSSR count). The summed E-state index contributed by atoms with van der Waals surface area (Å²) in [5, 5.41) is 8.67. The molecule has 0 aliphatic rings. The Kier molecular flexibility index (Phi) is 4.61. The number of benzene rings is 1. The van der Waals surface area contributed by atoms with Gasteiger partial charge in [0.1, 0.15) is 0 Å². The van der Waals surface area contributed by atoms with Crippen molar-refractivity contribution in [2.45, 2.75) is 26.3 Å². The van der Waals surface area contributed by atoms with Gasteiger partial charge in [0.25, 0.3) is 0 Å². The second-order valence-corrected chi connectivity index (χ2v) is 5.19. The lowest BCUT2D eigenvalue weighted by Gasteiger charge is -2.19. The van der Waals surface area contributed by atoms with Crippen molar-refractivity contribution in [1.29, 1.82) is 0 Å². The summed E-state index contributed by atoms with van der Waals surface area (Å²) in [6.45, 7) is 5.22. The van der Waals surface area contributed by atoms with Crippen molar-refractivity contribution >= 4 is 11.6 Å². The monoisotopic (exact) mass is 277 g/mol. The third-order valence-corrected chi connectivity index (χ3v) is 3.60. The first kappa shape index (κ1) is 14.1. The molecule has 1 unspecified atom stereocenters. The van der Waals surface area contributed by atoms with Gasteiger partial charge in [-0.25, -0.2) is 0 Å². The van der Waals surface area contributed by atoms with Gasteiger partial charge >= 0.3 is 0 Å². The number of hydrogen-bond donors (Lipinski definition) is 1. The summed E-state index contributed by atoms with van der Waals surface area (Å²) in [6.07, 6.45) is 3.03. The molecule has 1 aromatic heterocycles. The highest BCUT2D eigenvalue weighted by Crippen LogP contribution is 2.26. The zero-order chi connectivity index (χ0) is 13.8. The largest absolute Gasteiger partial charge is 0.306 e. The Morgan fingerprint density at radius 1 is 1.42 bits per heavy atom. The van der Waals surface area contributed by atoms with Crippen molar-refractivity contribution in [2.24, 2.45) is 7.05 Å². The van der Waals surface area contributed by atoms with E-state index in [1.54, 1.807) is 0 Å². The average Bonchev–Trinajstić information content (AvgIpc) is 2.72. The van der Waals surface area contributed by atoms with Gasteiger partial charge in [0.15, 0.2) is 0 Å². The van der Waals surface area contributed by atoms with Crippen molar-refractivity contribution in [3.05, 3.63) is 52.3 Å². The molecule has 2 aromatic rings. The standard InChI is InChI=1S/C15H20ClN3/c1-4-8-17-15(12-6-5-7-13(16)9-12)14-10-18-19(3)11(14)2/h5-7,9-10,15,17H,4,8H2,1-3H3. The molecule has 0 radical (unpaired) electrons. The van der Waals surface area contributed by atoms with Gasteiger partial charge in [-0.15, -0.1) is 0 Å². The molecule has 4 heteroatoms. The number of nitrogens with zero attached hydrogens (tertiary/aromatic N) is 2. The first-order valence-corrected chi connectivity index (χ1v) is 6.98. The van der Waals surface area contributed by atoms with Crippen LogP contribution in [-0.4, -0.2) is 16.3 Å². The van der Waals surface area contributed by atoms with Gasteiger partial charge in [-0.3, -0.25) is 4.68 Å². The number of nitrogens with one attached hydrogen (secondary N) is 1. The van der Waals surface area contributed by atoms with E-state index in [4.69, 9.17) is 11.6 Å². The fraction of sp³-hybridized carbons (Fsp3) is 0.400. The highest BCUT2D eigenvalue weighted by Gasteiger charge is 2.18. The maximum Gasteiger partial charge on any atom is 0.0611 e. The van der Waals surface area contributed by atoms with Crippen molar-refractivity contribution in [3.8, 4) is 0 Å². The Morgan fingerprint density at radius 3 is 2.79 bits per heavy atom. The van der Waals surface area contributed by atoms with E-state index in [2.05, 4.69) is 30.3 Å². The molecule has 1 N–H and O–H groups in total. The lowest BCUT2D eigenvalue weighted by Crippen LogP contribution is -2.23. The van der Waals surface area contributed by atoms with Crippen LogP contribution in [0, 0.1) is 6.92 Å². The Morgan fingerprint density at radius 2 is 2.21 bits per heavy atom. The van der Waals surface area contributed by atoms with Crippen LogP contribution in [0.3, 0.4) is 0 Å². The van der Waals surface area contributed by atoms with Crippen molar-refractivity contribution in [3.63, 3.8) is 0 Å². The summed E-state index contributed by atoms with van der Waals surface area (Å²) >= 11 is 6.11. The third kappa shape index (κ3) is 3.17. The molecule has 0 saturated carbocycles. The minimum Gasteiger partial charge on any atom is -0.306 e. The summed E-state index contributed by atoms with van der Waals surface area (Å²) in [4.78, 5) is 0. The Bertz CT molecular complexity index is 548. The van der Waals surface area contributed by atoms with Crippen LogP contribution in [0.4, 0.5) is 0 Å². The summed E-state index contributed by atoms with van der Waals surface area (Å²) in [6, 6.07) is 8.15. The maximum atomic E-state index is 6.11. The molecule has 0 aliphatic carbocycles. The minimum absolute atomic E-state index is 0.146. The normalized spacial score (nSPS) is 12.6. The molecule has 1 atom stereocenters. The van der Waals surface area contributed by atoms with E-state index in [1.165, 1.54) is 16.8 Å². The van der Waals surface area contributed by atoms with Crippen LogP contribution in [-0.2, 0) is 7.05 Å². The Hall–Kier alpha value is -1.32. The van der Waals surface area contributed by atoms with E-state index >= 15 is 0 Å². The van der Waals surface area contributed by atoms with E-state index < -0.39 is 0 Å². The van der Waals surface area contributed by atoms with E-state index in [1.807, 2.05) is 36.1 Å². The number of hydrogen-bond acceptors (Lipinski definition) is 2. The second-order valence-electron chi connectivity index (χ2n) is 4.75. The van der Waals surface area contributed by atoms with E-state index in [-0.39, 0.29) is 6.04 Å². The van der Waals surface area contributed by atoms with Gasteiger partial charge in [0.2, 0.25) is 0 Å². The van der Waals surface area contributed by atoms with Crippen LogP contribution in [0.5, 0.6) is 0 Å². The van der Waals surface area contributed by atoms with Gasteiger partial charge in [-0.05, 0) is 37.6 Å². The topological polar surface area (TPSA) is 29.9 Å². The van der Waals surface area contributed by atoms with E-state index in [0.29, 0.717) is 0 Å². The minimum atomic E-state index is 0.146. The summed E-state index contributed by atoms with van der Waals surface area (Å²) in [7, 11) is 1.97. The van der Waals surface area contributed by atoms with Crippen LogP contribution in [0.25, 0.3) is 0 Å². The lowest BCUT2D eigenvalue weighted by molar-refractivity contribution is 0.594. The van der Waals surface area contributed by atoms with Crippen LogP contribution in [0.15, 0.2) is 30.5 Å². The van der Waals surface area contributed by atoms with Gasteiger partial charge in [-0.2, -0.15) is 5.10 Å². The average molecular weight is 278 g/mol. The molecule has 3 nitrogen and oxygen atoms in total. The molecule has 1 aromatic carbocycles. The SMILES string of the molecule is CCCNC(c1cccc(Cl)c1)c1cnn(C)c1C. The van der Waals surface area contributed by atoms with Crippen LogP contribution >= 0.6 is 11.6 Å². The first-order chi connectivity index (χ1) is 9.13. The van der Waals surface area contributed by atoms with Crippen LogP contribution < -0.4 is 5.32 Å². The Balaban J connectivity index is 2.38. The number of aryl methyl sites for hydroxylation is 1. The molecule has 0 amide bonds. The highest BCUT2D eigenvalue weighted by molar-refractivity contribution is 6.30. The predicted molar refractivity (Wildman–Crippen MR) is 79.5 cm³/mol. The number of aromatic nitrogens is 2. The first-order valence-electron chi connectivity index (χ1n) is 6.60. The van der Waals surface area contributed by atoms with Crippen molar-refractivity contribution < 1.29 is 0 Å². The summed E-state index contributed by atoms with van der Waals surface area (Å²) in [5.74, 6) is 0. The smallest absolute Gasteiger partial charge is 0.0611 e. The van der Waals surface area contributed by atoms with Gasteiger partial charge in [0.05, 0.1) is 12.2 Å². The molecule has 1 heterocycles. The molecule has 102 valence electrons. The third-order valence-electron chi connectivity index (χ3n) is 3.36. The van der Waals surface area contributed by atoms with E-state index in [9.17, 15) is 0 Å². The number of rotatable bonds is 5. The van der Waals surface area contributed by atoms with Crippen LogP contribution in [0.2, 0.25) is 5.02 Å².